The third-order valence-corrected chi connectivity index (χ3v) is 4.36. The summed E-state index contributed by atoms with van der Waals surface area (Å²) in [4.78, 5) is 26.5. The molecule has 2 aliphatic rings. The lowest BCUT2D eigenvalue weighted by molar-refractivity contribution is -0.136. The highest BCUT2D eigenvalue weighted by Gasteiger charge is 2.31. The number of carbonyl (C=O) groups excluding carboxylic acids is 2. The summed E-state index contributed by atoms with van der Waals surface area (Å²) in [6.07, 6.45) is 2.75. The highest BCUT2D eigenvalue weighted by Crippen LogP contribution is 2.27. The van der Waals surface area contributed by atoms with E-state index in [2.05, 4.69) is 5.32 Å². The number of amides is 2. The minimum Gasteiger partial charge on any atom is -0.378 e. The smallest absolute Gasteiger partial charge is 0.225 e. The Morgan fingerprint density at radius 3 is 2.86 bits per heavy atom. The quantitative estimate of drug-likeness (QED) is 0.923. The minimum absolute atomic E-state index is 0.00118. The summed E-state index contributed by atoms with van der Waals surface area (Å²) in [5.74, 6) is 0.0820. The van der Waals surface area contributed by atoms with Gasteiger partial charge in [0.25, 0.3) is 0 Å². The molecule has 3 rings (SSSR count). The fourth-order valence-electron chi connectivity index (χ4n) is 3.22. The SMILES string of the molecule is O=C1C[C@@H](c2ccccc2)N(C(=O)C[C@H]2CCCO2)CCN1. The first-order valence-corrected chi connectivity index (χ1v) is 7.97. The third-order valence-electron chi connectivity index (χ3n) is 4.36. The molecule has 5 heteroatoms. The Balaban J connectivity index is 1.78. The fourth-order valence-corrected chi connectivity index (χ4v) is 3.22. The molecule has 0 radical (unpaired) electrons. The van der Waals surface area contributed by atoms with E-state index in [0.29, 0.717) is 25.9 Å². The Kier molecular flexibility index (Phi) is 4.73. The lowest BCUT2D eigenvalue weighted by Crippen LogP contribution is -2.38. The zero-order valence-electron chi connectivity index (χ0n) is 12.7. The van der Waals surface area contributed by atoms with Crippen molar-refractivity contribution in [1.82, 2.24) is 10.2 Å². The number of ether oxygens (including phenoxy) is 1. The third kappa shape index (κ3) is 3.47. The van der Waals surface area contributed by atoms with Crippen LogP contribution < -0.4 is 5.32 Å². The summed E-state index contributed by atoms with van der Waals surface area (Å²) in [5.41, 5.74) is 1.01. The van der Waals surface area contributed by atoms with Crippen molar-refractivity contribution in [3.63, 3.8) is 0 Å². The van der Waals surface area contributed by atoms with Gasteiger partial charge >= 0.3 is 0 Å². The van der Waals surface area contributed by atoms with Crippen molar-refractivity contribution in [3.8, 4) is 0 Å². The molecule has 5 nitrogen and oxygen atoms in total. The second-order valence-electron chi connectivity index (χ2n) is 5.91. The number of nitrogens with one attached hydrogen (secondary N) is 1. The van der Waals surface area contributed by atoms with Crippen LogP contribution in [0.25, 0.3) is 0 Å². The van der Waals surface area contributed by atoms with Gasteiger partial charge in [-0.1, -0.05) is 30.3 Å². The molecule has 2 amide bonds. The van der Waals surface area contributed by atoms with Crippen LogP contribution in [0.3, 0.4) is 0 Å². The molecule has 1 N–H and O–H groups in total. The van der Waals surface area contributed by atoms with Crippen LogP contribution in [-0.2, 0) is 14.3 Å². The first-order valence-electron chi connectivity index (χ1n) is 7.97. The molecular weight excluding hydrogens is 280 g/mol. The topological polar surface area (TPSA) is 58.6 Å². The normalized spacial score (nSPS) is 25.6. The van der Waals surface area contributed by atoms with Crippen LogP contribution in [0.5, 0.6) is 0 Å². The van der Waals surface area contributed by atoms with Crippen LogP contribution in [0.2, 0.25) is 0 Å². The molecule has 1 aromatic carbocycles. The second kappa shape index (κ2) is 6.92. The first kappa shape index (κ1) is 15.0. The van der Waals surface area contributed by atoms with Gasteiger partial charge in [-0.2, -0.15) is 0 Å². The van der Waals surface area contributed by atoms with E-state index in [-0.39, 0.29) is 24.0 Å². The molecule has 2 heterocycles. The van der Waals surface area contributed by atoms with E-state index >= 15 is 0 Å². The summed E-state index contributed by atoms with van der Waals surface area (Å²) in [5, 5.41) is 2.86. The monoisotopic (exact) mass is 302 g/mol. The van der Waals surface area contributed by atoms with E-state index in [1.807, 2.05) is 35.2 Å². The number of carbonyl (C=O) groups is 2. The lowest BCUT2D eigenvalue weighted by Gasteiger charge is -2.30. The average Bonchev–Trinajstić information content (AvgIpc) is 2.95. The van der Waals surface area contributed by atoms with Crippen LogP contribution in [0, 0.1) is 0 Å². The molecule has 0 aromatic heterocycles. The highest BCUT2D eigenvalue weighted by atomic mass is 16.5. The lowest BCUT2D eigenvalue weighted by atomic mass is 10.0. The molecule has 0 spiro atoms. The fraction of sp³-hybridized carbons (Fsp3) is 0.529. The number of hydrogen-bond donors (Lipinski definition) is 1. The molecular formula is C17H22N2O3. The molecule has 0 unspecified atom stereocenters. The molecule has 22 heavy (non-hydrogen) atoms. The van der Waals surface area contributed by atoms with Gasteiger partial charge in [-0.15, -0.1) is 0 Å². The van der Waals surface area contributed by atoms with Gasteiger partial charge in [-0.3, -0.25) is 9.59 Å². The van der Waals surface area contributed by atoms with Gasteiger partial charge in [0.05, 0.1) is 25.0 Å². The van der Waals surface area contributed by atoms with Crippen LogP contribution in [-0.4, -0.2) is 42.5 Å². The van der Waals surface area contributed by atoms with Gasteiger partial charge < -0.3 is 15.0 Å². The summed E-state index contributed by atoms with van der Waals surface area (Å²) in [6.45, 7) is 1.82. The van der Waals surface area contributed by atoms with Crippen molar-refractivity contribution in [2.45, 2.75) is 37.8 Å². The van der Waals surface area contributed by atoms with E-state index in [9.17, 15) is 9.59 Å². The molecule has 0 aliphatic carbocycles. The van der Waals surface area contributed by atoms with Crippen LogP contribution >= 0.6 is 0 Å². The van der Waals surface area contributed by atoms with Crippen molar-refractivity contribution in [2.24, 2.45) is 0 Å². The van der Waals surface area contributed by atoms with Gasteiger partial charge in [0.1, 0.15) is 0 Å². The maximum Gasteiger partial charge on any atom is 0.225 e. The molecule has 0 saturated carbocycles. The van der Waals surface area contributed by atoms with Crippen LogP contribution in [0.4, 0.5) is 0 Å². The second-order valence-corrected chi connectivity index (χ2v) is 5.91. The summed E-state index contributed by atoms with van der Waals surface area (Å²) in [6, 6.07) is 9.61. The van der Waals surface area contributed by atoms with Gasteiger partial charge in [0.15, 0.2) is 0 Å². The molecule has 118 valence electrons. The largest absolute Gasteiger partial charge is 0.378 e. The molecule has 1 aromatic rings. The van der Waals surface area contributed by atoms with E-state index < -0.39 is 0 Å². The van der Waals surface area contributed by atoms with Crippen molar-refractivity contribution < 1.29 is 14.3 Å². The van der Waals surface area contributed by atoms with Gasteiger partial charge in [-0.25, -0.2) is 0 Å². The summed E-state index contributed by atoms with van der Waals surface area (Å²) >= 11 is 0. The van der Waals surface area contributed by atoms with Gasteiger partial charge in [0, 0.05) is 19.7 Å². The first-order chi connectivity index (χ1) is 10.7. The van der Waals surface area contributed by atoms with Crippen LogP contribution in [0.1, 0.15) is 37.3 Å². The number of benzene rings is 1. The number of nitrogens with zero attached hydrogens (tertiary/aromatic N) is 1. The van der Waals surface area contributed by atoms with Crippen molar-refractivity contribution in [3.05, 3.63) is 35.9 Å². The maximum absolute atomic E-state index is 12.7. The summed E-state index contributed by atoms with van der Waals surface area (Å²) in [7, 11) is 0. The Morgan fingerprint density at radius 1 is 1.32 bits per heavy atom. The molecule has 2 saturated heterocycles. The van der Waals surface area contributed by atoms with Crippen LogP contribution in [0.15, 0.2) is 30.3 Å². The number of rotatable bonds is 3. The predicted molar refractivity (Wildman–Crippen MR) is 82.1 cm³/mol. The molecule has 2 fully saturated rings. The zero-order valence-corrected chi connectivity index (χ0v) is 12.7. The van der Waals surface area contributed by atoms with E-state index in [0.717, 1.165) is 25.0 Å². The predicted octanol–water partition coefficient (Wildman–Crippen LogP) is 1.65. The summed E-state index contributed by atoms with van der Waals surface area (Å²) < 4.78 is 5.58. The standard InChI is InChI=1S/C17H22N2O3/c20-16-12-15(13-5-2-1-3-6-13)19(9-8-18-16)17(21)11-14-7-4-10-22-14/h1-3,5-6,14-15H,4,7-12H2,(H,18,20)/t14-,15+/m1/s1. The van der Waals surface area contributed by atoms with Gasteiger partial charge in [0.2, 0.25) is 11.8 Å². The Bertz CT molecular complexity index is 526. The Labute approximate surface area is 130 Å². The van der Waals surface area contributed by atoms with Crippen molar-refractivity contribution in [2.75, 3.05) is 19.7 Å². The average molecular weight is 302 g/mol. The molecule has 2 aliphatic heterocycles. The van der Waals surface area contributed by atoms with E-state index in [4.69, 9.17) is 4.74 Å². The highest BCUT2D eigenvalue weighted by molar-refractivity contribution is 5.81. The van der Waals surface area contributed by atoms with E-state index in [1.165, 1.54) is 0 Å². The zero-order chi connectivity index (χ0) is 15.4. The Morgan fingerprint density at radius 2 is 2.14 bits per heavy atom. The van der Waals surface area contributed by atoms with Crippen molar-refractivity contribution >= 4 is 11.8 Å². The van der Waals surface area contributed by atoms with E-state index in [1.54, 1.807) is 0 Å². The minimum atomic E-state index is -0.183. The van der Waals surface area contributed by atoms with Crippen molar-refractivity contribution in [1.29, 1.82) is 0 Å². The molecule has 0 bridgehead atoms. The number of hydrogen-bond acceptors (Lipinski definition) is 3. The maximum atomic E-state index is 12.7. The molecule has 2 atom stereocenters. The Hall–Kier alpha value is -1.88. The van der Waals surface area contributed by atoms with Gasteiger partial charge in [-0.05, 0) is 18.4 Å².